The number of rotatable bonds is 4. The van der Waals surface area contributed by atoms with Gasteiger partial charge in [0.1, 0.15) is 6.04 Å². The molecular formula is C6H8N4O3. The van der Waals surface area contributed by atoms with E-state index in [-0.39, 0.29) is 6.42 Å². The summed E-state index contributed by atoms with van der Waals surface area (Å²) in [6.07, 6.45) is 3.22. The minimum Gasteiger partial charge on any atom is -0.348 e. The van der Waals surface area contributed by atoms with Crippen molar-refractivity contribution in [1.82, 2.24) is 9.97 Å². The third-order valence-corrected chi connectivity index (χ3v) is 1.42. The summed E-state index contributed by atoms with van der Waals surface area (Å²) in [5.74, 6) is -0.857. The minimum absolute atomic E-state index is 0.231. The second-order valence-electron chi connectivity index (χ2n) is 2.37. The van der Waals surface area contributed by atoms with Gasteiger partial charge in [-0.15, -0.1) is 4.91 Å². The quantitative estimate of drug-likeness (QED) is 0.484. The van der Waals surface area contributed by atoms with Gasteiger partial charge in [-0.2, -0.15) is 0 Å². The summed E-state index contributed by atoms with van der Waals surface area (Å²) in [5.41, 5.74) is 6.06. The Bertz CT molecular complexity index is 284. The first-order valence-corrected chi connectivity index (χ1v) is 3.50. The van der Waals surface area contributed by atoms with Gasteiger partial charge in [-0.1, -0.05) is 0 Å². The second-order valence-corrected chi connectivity index (χ2v) is 2.37. The van der Waals surface area contributed by atoms with Crippen LogP contribution in [0.3, 0.4) is 0 Å². The van der Waals surface area contributed by atoms with Crippen LogP contribution in [-0.2, 0) is 16.1 Å². The summed E-state index contributed by atoms with van der Waals surface area (Å²) in [4.78, 5) is 30.7. The van der Waals surface area contributed by atoms with Gasteiger partial charge in [0, 0.05) is 18.3 Å². The average molecular weight is 184 g/mol. The van der Waals surface area contributed by atoms with Gasteiger partial charge in [-0.25, -0.2) is 9.78 Å². The first kappa shape index (κ1) is 9.33. The maximum absolute atomic E-state index is 10.8. The van der Waals surface area contributed by atoms with E-state index in [1.165, 1.54) is 12.5 Å². The van der Waals surface area contributed by atoms with Crippen molar-refractivity contribution in [3.8, 4) is 0 Å². The molecule has 0 aliphatic rings. The Kier molecular flexibility index (Phi) is 3.09. The van der Waals surface area contributed by atoms with E-state index in [2.05, 4.69) is 14.8 Å². The predicted molar refractivity (Wildman–Crippen MR) is 42.2 cm³/mol. The van der Waals surface area contributed by atoms with Crippen LogP contribution in [0, 0.1) is 4.91 Å². The zero-order valence-corrected chi connectivity index (χ0v) is 6.64. The molecule has 1 rings (SSSR count). The molecule has 0 fully saturated rings. The number of imidazole rings is 1. The van der Waals surface area contributed by atoms with Gasteiger partial charge in [0.15, 0.2) is 5.34 Å². The van der Waals surface area contributed by atoms with Crippen LogP contribution in [0.25, 0.3) is 0 Å². The van der Waals surface area contributed by atoms with E-state index in [4.69, 9.17) is 5.73 Å². The first-order valence-electron chi connectivity index (χ1n) is 3.50. The SMILES string of the molecule is N[C@@H](Cc1cnc[nH]1)C(=O)ON=O. The van der Waals surface area contributed by atoms with Gasteiger partial charge in [0.25, 0.3) is 0 Å². The molecule has 0 aliphatic carbocycles. The Labute approximate surface area is 73.2 Å². The number of carbonyl (C=O) groups excluding carboxylic acids is 1. The summed E-state index contributed by atoms with van der Waals surface area (Å²) < 4.78 is 0. The maximum atomic E-state index is 10.8. The van der Waals surface area contributed by atoms with Gasteiger partial charge >= 0.3 is 5.97 Å². The second kappa shape index (κ2) is 4.31. The van der Waals surface area contributed by atoms with Crippen LogP contribution in [-0.4, -0.2) is 22.0 Å². The Hall–Kier alpha value is -1.76. The zero-order chi connectivity index (χ0) is 9.68. The summed E-state index contributed by atoms with van der Waals surface area (Å²) in [6.45, 7) is 0. The lowest BCUT2D eigenvalue weighted by atomic mass is 10.2. The van der Waals surface area contributed by atoms with Crippen LogP contribution >= 0.6 is 0 Å². The van der Waals surface area contributed by atoms with Crippen molar-refractivity contribution in [2.75, 3.05) is 0 Å². The lowest BCUT2D eigenvalue weighted by Crippen LogP contribution is -2.33. The van der Waals surface area contributed by atoms with Crippen LogP contribution in [0.2, 0.25) is 0 Å². The van der Waals surface area contributed by atoms with Crippen molar-refractivity contribution in [2.24, 2.45) is 11.1 Å². The third-order valence-electron chi connectivity index (χ3n) is 1.42. The first-order chi connectivity index (χ1) is 6.24. The minimum atomic E-state index is -0.904. The lowest BCUT2D eigenvalue weighted by molar-refractivity contribution is -0.145. The molecule has 1 aromatic rings. The monoisotopic (exact) mass is 184 g/mol. The van der Waals surface area contributed by atoms with Crippen molar-refractivity contribution in [3.63, 3.8) is 0 Å². The standard InChI is InChI=1S/C6H8N4O3/c7-5(6(11)13-10-12)1-4-2-8-3-9-4/h2-3,5H,1,7H2,(H,8,9)/t5-/m0/s1. The molecule has 0 spiro atoms. The molecule has 0 aliphatic heterocycles. The molecular weight excluding hydrogens is 176 g/mol. The highest BCUT2D eigenvalue weighted by atomic mass is 16.7. The summed E-state index contributed by atoms with van der Waals surface area (Å²) in [5, 5.41) is 1.98. The Morgan fingerprint density at radius 1 is 1.85 bits per heavy atom. The number of aromatic nitrogens is 2. The molecule has 1 aromatic heterocycles. The molecule has 0 amide bonds. The van der Waals surface area contributed by atoms with Gasteiger partial charge in [-0.3, -0.25) is 4.84 Å². The molecule has 0 unspecified atom stereocenters. The van der Waals surface area contributed by atoms with Gasteiger partial charge in [-0.05, 0) is 0 Å². The van der Waals surface area contributed by atoms with Crippen molar-refractivity contribution >= 4 is 5.97 Å². The fraction of sp³-hybridized carbons (Fsp3) is 0.333. The predicted octanol–water partition coefficient (Wildman–Crippen LogP) is -0.496. The highest BCUT2D eigenvalue weighted by molar-refractivity contribution is 5.75. The summed E-state index contributed by atoms with van der Waals surface area (Å²) in [7, 11) is 0. The molecule has 3 N–H and O–H groups in total. The average Bonchev–Trinajstić information content (AvgIpc) is 2.57. The molecule has 0 bridgehead atoms. The van der Waals surface area contributed by atoms with E-state index in [1.54, 1.807) is 0 Å². The number of nitrogens with zero attached hydrogens (tertiary/aromatic N) is 2. The van der Waals surface area contributed by atoms with E-state index < -0.39 is 12.0 Å². The molecule has 0 saturated carbocycles. The summed E-state index contributed by atoms with van der Waals surface area (Å²) >= 11 is 0. The van der Waals surface area contributed by atoms with E-state index in [0.717, 1.165) is 0 Å². The van der Waals surface area contributed by atoms with Crippen LogP contribution in [0.15, 0.2) is 17.9 Å². The molecule has 0 saturated heterocycles. The fourth-order valence-electron chi connectivity index (χ4n) is 0.821. The Morgan fingerprint density at radius 2 is 2.62 bits per heavy atom. The smallest absolute Gasteiger partial charge is 0.348 e. The summed E-state index contributed by atoms with van der Waals surface area (Å²) in [6, 6.07) is -0.904. The van der Waals surface area contributed by atoms with Crippen molar-refractivity contribution in [3.05, 3.63) is 23.1 Å². The van der Waals surface area contributed by atoms with Crippen molar-refractivity contribution < 1.29 is 9.63 Å². The van der Waals surface area contributed by atoms with Crippen LogP contribution in [0.5, 0.6) is 0 Å². The number of hydrogen-bond donors (Lipinski definition) is 2. The van der Waals surface area contributed by atoms with E-state index in [0.29, 0.717) is 5.69 Å². The molecule has 0 radical (unpaired) electrons. The molecule has 70 valence electrons. The van der Waals surface area contributed by atoms with Crippen molar-refractivity contribution in [2.45, 2.75) is 12.5 Å². The van der Waals surface area contributed by atoms with Gasteiger partial charge < -0.3 is 10.7 Å². The molecule has 13 heavy (non-hydrogen) atoms. The van der Waals surface area contributed by atoms with E-state index >= 15 is 0 Å². The number of nitrogens with two attached hydrogens (primary N) is 1. The lowest BCUT2D eigenvalue weighted by Gasteiger charge is -2.03. The number of carbonyl (C=O) groups is 1. The maximum Gasteiger partial charge on any atom is 0.355 e. The van der Waals surface area contributed by atoms with Crippen LogP contribution in [0.1, 0.15) is 5.69 Å². The molecule has 7 nitrogen and oxygen atoms in total. The topological polar surface area (TPSA) is 110 Å². The molecule has 0 aromatic carbocycles. The van der Waals surface area contributed by atoms with Crippen LogP contribution in [0.4, 0.5) is 0 Å². The van der Waals surface area contributed by atoms with Gasteiger partial charge in [0.2, 0.25) is 0 Å². The molecule has 1 heterocycles. The third kappa shape index (κ3) is 2.64. The van der Waals surface area contributed by atoms with E-state index in [9.17, 15) is 9.70 Å². The van der Waals surface area contributed by atoms with E-state index in [1.807, 2.05) is 5.34 Å². The Balaban J connectivity index is 2.45. The van der Waals surface area contributed by atoms with Gasteiger partial charge in [0.05, 0.1) is 6.33 Å². The number of aromatic amines is 1. The number of hydrogen-bond acceptors (Lipinski definition) is 6. The Morgan fingerprint density at radius 3 is 3.15 bits per heavy atom. The zero-order valence-electron chi connectivity index (χ0n) is 6.64. The normalized spacial score (nSPS) is 12.1. The molecule has 1 atom stereocenters. The highest BCUT2D eigenvalue weighted by Gasteiger charge is 2.16. The van der Waals surface area contributed by atoms with Crippen LogP contribution < -0.4 is 5.73 Å². The number of nitrogens with one attached hydrogen (secondary N) is 1. The highest BCUT2D eigenvalue weighted by Crippen LogP contribution is 1.97. The fourth-order valence-corrected chi connectivity index (χ4v) is 0.821. The number of H-pyrrole nitrogens is 1. The molecule has 7 heteroatoms. The largest absolute Gasteiger partial charge is 0.355 e. The van der Waals surface area contributed by atoms with Crippen molar-refractivity contribution in [1.29, 1.82) is 0 Å².